The molecule has 4 N–H and O–H groups in total. The summed E-state index contributed by atoms with van der Waals surface area (Å²) in [5.74, 6) is -0.294. The van der Waals surface area contributed by atoms with Gasteiger partial charge in [0, 0.05) is 41.7 Å². The number of halogens is 2. The van der Waals surface area contributed by atoms with E-state index in [2.05, 4.69) is 46.7 Å². The highest BCUT2D eigenvalue weighted by molar-refractivity contribution is 7.80. The number of nitrogens with zero attached hydrogens (tertiary/aromatic N) is 2. The third-order valence-corrected chi connectivity index (χ3v) is 5.40. The van der Waals surface area contributed by atoms with Crippen LogP contribution in [0.25, 0.3) is 16.6 Å². The fourth-order valence-electron chi connectivity index (χ4n) is 3.54. The van der Waals surface area contributed by atoms with Crippen LogP contribution in [0.15, 0.2) is 53.7 Å². The van der Waals surface area contributed by atoms with Crippen LogP contribution < -0.4 is 11.1 Å². The second kappa shape index (κ2) is 9.86. The highest BCUT2D eigenvalue weighted by atomic mass is 32.1. The Kier molecular flexibility index (Phi) is 7.23. The van der Waals surface area contributed by atoms with E-state index in [1.54, 1.807) is 0 Å². The number of rotatable bonds is 4. The summed E-state index contributed by atoms with van der Waals surface area (Å²) in [7, 11) is 0. The molecule has 4 rings (SSSR count). The minimum Gasteiger partial charge on any atom is -0.404 e. The van der Waals surface area contributed by atoms with Gasteiger partial charge in [0.25, 0.3) is 0 Å². The van der Waals surface area contributed by atoms with Crippen molar-refractivity contribution in [2.45, 2.75) is 30.8 Å². The highest BCUT2D eigenvalue weighted by Crippen LogP contribution is 2.22. The summed E-state index contributed by atoms with van der Waals surface area (Å²) in [6.07, 6.45) is 5.97. The number of pyridine rings is 1. The fraction of sp³-hybridized carbons (Fsp3) is 0.273. The van der Waals surface area contributed by atoms with Gasteiger partial charge in [0.15, 0.2) is 0 Å². The third kappa shape index (κ3) is 5.25. The van der Waals surface area contributed by atoms with Crippen LogP contribution in [0.5, 0.6) is 0 Å². The summed E-state index contributed by atoms with van der Waals surface area (Å²) in [5.41, 5.74) is 8.99. The predicted molar refractivity (Wildman–Crippen MR) is 120 cm³/mol. The molecule has 3 heterocycles. The van der Waals surface area contributed by atoms with Crippen molar-refractivity contribution in [3.8, 4) is 0 Å². The molecule has 2 aromatic heterocycles. The van der Waals surface area contributed by atoms with Crippen LogP contribution >= 0.6 is 12.6 Å². The average Bonchev–Trinajstić information content (AvgIpc) is 3.32. The van der Waals surface area contributed by atoms with Crippen LogP contribution in [0.2, 0.25) is 0 Å². The maximum absolute atomic E-state index is 12.3. The van der Waals surface area contributed by atoms with Crippen LogP contribution in [0.3, 0.4) is 0 Å². The quantitative estimate of drug-likeness (QED) is 0.370. The topological polar surface area (TPSA) is 79.7 Å². The molecule has 158 valence electrons. The number of thiol groups is 1. The van der Waals surface area contributed by atoms with Crippen LogP contribution in [-0.2, 0) is 6.54 Å². The molecular formula is C22H25F2N5S. The average molecular weight is 430 g/mol. The van der Waals surface area contributed by atoms with Crippen LogP contribution in [0.1, 0.15) is 19.0 Å². The first kappa shape index (κ1) is 22.0. The van der Waals surface area contributed by atoms with Gasteiger partial charge in [0.05, 0.1) is 16.7 Å². The molecule has 0 bridgehead atoms. The lowest BCUT2D eigenvalue weighted by molar-refractivity contribution is 0.483. The van der Waals surface area contributed by atoms with Gasteiger partial charge in [-0.25, -0.2) is 13.8 Å². The first-order chi connectivity index (χ1) is 14.4. The second-order valence-corrected chi connectivity index (χ2v) is 7.82. The number of aromatic nitrogens is 2. The number of nitrogens with two attached hydrogens (primary N) is 1. The van der Waals surface area contributed by atoms with E-state index in [-0.39, 0.29) is 4.90 Å². The normalized spacial score (nSPS) is 18.9. The molecule has 0 radical (unpaired) electrons. The molecule has 0 aliphatic carbocycles. The van der Waals surface area contributed by atoms with Crippen LogP contribution in [0, 0.1) is 23.0 Å². The van der Waals surface area contributed by atoms with Crippen molar-refractivity contribution in [2.24, 2.45) is 11.7 Å². The number of hydrogen-bond acceptors (Lipinski definition) is 5. The van der Waals surface area contributed by atoms with Crippen LogP contribution in [-0.4, -0.2) is 28.4 Å². The van der Waals surface area contributed by atoms with E-state index in [0.29, 0.717) is 17.5 Å². The van der Waals surface area contributed by atoms with Gasteiger partial charge in [0.1, 0.15) is 11.6 Å². The van der Waals surface area contributed by atoms with Gasteiger partial charge in [-0.2, -0.15) is 0 Å². The Balaban J connectivity index is 0.000000239. The number of allylic oxidation sites excluding steroid dienone is 1. The molecule has 5 nitrogen and oxygen atoms in total. The zero-order chi connectivity index (χ0) is 21.7. The Labute approximate surface area is 179 Å². The second-order valence-electron chi connectivity index (χ2n) is 7.34. The van der Waals surface area contributed by atoms with Gasteiger partial charge in [-0.1, -0.05) is 0 Å². The Bertz CT molecular complexity index is 1060. The lowest BCUT2D eigenvalue weighted by Crippen LogP contribution is -2.17. The summed E-state index contributed by atoms with van der Waals surface area (Å²) >= 11 is 3.65. The summed E-state index contributed by atoms with van der Waals surface area (Å²) in [4.78, 5) is 4.63. The molecule has 1 saturated heterocycles. The molecule has 1 fully saturated rings. The van der Waals surface area contributed by atoms with Crippen molar-refractivity contribution in [3.05, 3.63) is 66.1 Å². The number of hydrogen-bond donors (Lipinski definition) is 4. The Hall–Kier alpha value is -2.71. The van der Waals surface area contributed by atoms with Gasteiger partial charge < -0.3 is 21.0 Å². The SMILES string of the molecule is CC1CC(Cn2ccc3nc(/C(C=N)=C/N)ccc32)CN1.Fc1ccc(F)c(S)c1. The van der Waals surface area contributed by atoms with E-state index in [1.807, 2.05) is 12.1 Å². The standard InChI is InChI=1S/C16H21N5.C6H4F2S/c1-11-6-12(9-19-11)10-21-5-4-15-16(21)3-2-14(20-15)13(7-17)8-18;7-4-1-2-5(8)6(9)3-4/h2-5,7-8,11-12,17,19H,6,9-10,18H2,1H3;1-3,9H/b13-8+,17-7?;. The van der Waals surface area contributed by atoms with E-state index >= 15 is 0 Å². The molecule has 3 aromatic rings. The van der Waals surface area contributed by atoms with Gasteiger partial charge in [-0.3, -0.25) is 0 Å². The maximum Gasteiger partial charge on any atom is 0.136 e. The maximum atomic E-state index is 12.3. The van der Waals surface area contributed by atoms with Crippen molar-refractivity contribution < 1.29 is 8.78 Å². The van der Waals surface area contributed by atoms with Crippen molar-refractivity contribution in [2.75, 3.05) is 6.54 Å². The minimum atomic E-state index is -0.500. The summed E-state index contributed by atoms with van der Waals surface area (Å²) in [5, 5.41) is 10.8. The molecule has 1 aliphatic heterocycles. The monoisotopic (exact) mass is 429 g/mol. The van der Waals surface area contributed by atoms with Gasteiger partial charge in [-0.15, -0.1) is 12.6 Å². The van der Waals surface area contributed by atoms with Gasteiger partial charge >= 0.3 is 0 Å². The molecule has 1 aromatic carbocycles. The number of benzene rings is 1. The first-order valence-corrected chi connectivity index (χ1v) is 10.1. The fourth-order valence-corrected chi connectivity index (χ4v) is 3.74. The Morgan fingerprint density at radius 3 is 2.73 bits per heavy atom. The lowest BCUT2D eigenvalue weighted by atomic mass is 10.1. The van der Waals surface area contributed by atoms with E-state index in [1.165, 1.54) is 18.8 Å². The summed E-state index contributed by atoms with van der Waals surface area (Å²) < 4.78 is 26.7. The van der Waals surface area contributed by atoms with Crippen molar-refractivity contribution in [1.29, 1.82) is 5.41 Å². The molecule has 0 amide bonds. The zero-order valence-corrected chi connectivity index (χ0v) is 17.5. The van der Waals surface area contributed by atoms with Crippen molar-refractivity contribution >= 4 is 35.4 Å². The summed E-state index contributed by atoms with van der Waals surface area (Å²) in [6, 6.07) is 9.76. The molecule has 8 heteroatoms. The Morgan fingerprint density at radius 1 is 1.33 bits per heavy atom. The summed E-state index contributed by atoms with van der Waals surface area (Å²) in [6.45, 7) is 4.34. The molecule has 0 spiro atoms. The lowest BCUT2D eigenvalue weighted by Gasteiger charge is -2.11. The molecular weight excluding hydrogens is 404 g/mol. The molecule has 2 unspecified atom stereocenters. The van der Waals surface area contributed by atoms with Crippen LogP contribution in [0.4, 0.5) is 8.78 Å². The number of fused-ring (bicyclic) bond motifs is 1. The van der Waals surface area contributed by atoms with E-state index < -0.39 is 11.6 Å². The van der Waals surface area contributed by atoms with E-state index in [9.17, 15) is 8.78 Å². The Morgan fingerprint density at radius 2 is 2.13 bits per heavy atom. The molecule has 2 atom stereocenters. The smallest absolute Gasteiger partial charge is 0.136 e. The molecule has 30 heavy (non-hydrogen) atoms. The van der Waals surface area contributed by atoms with E-state index in [4.69, 9.17) is 11.1 Å². The zero-order valence-electron chi connectivity index (χ0n) is 16.6. The van der Waals surface area contributed by atoms with Crippen molar-refractivity contribution in [3.63, 3.8) is 0 Å². The predicted octanol–water partition coefficient (Wildman–Crippen LogP) is 4.24. The first-order valence-electron chi connectivity index (χ1n) is 9.67. The van der Waals surface area contributed by atoms with Crippen molar-refractivity contribution in [1.82, 2.24) is 14.9 Å². The highest BCUT2D eigenvalue weighted by Gasteiger charge is 2.21. The largest absolute Gasteiger partial charge is 0.404 e. The van der Waals surface area contributed by atoms with Gasteiger partial charge in [0.2, 0.25) is 0 Å². The van der Waals surface area contributed by atoms with Gasteiger partial charge in [-0.05, 0) is 62.2 Å². The molecule has 0 saturated carbocycles. The minimum absolute atomic E-state index is 0.0370. The number of nitrogens with one attached hydrogen (secondary N) is 2. The molecule has 1 aliphatic rings. The third-order valence-electron chi connectivity index (χ3n) is 5.06. The van der Waals surface area contributed by atoms with E-state index in [0.717, 1.165) is 48.0 Å².